The molecule has 5 heterocycles. The number of H-pyrrole nitrogens is 1. The van der Waals surface area contributed by atoms with Gasteiger partial charge in [0.05, 0.1) is 22.3 Å². The van der Waals surface area contributed by atoms with E-state index in [4.69, 9.17) is 34.9 Å². The maximum absolute atomic E-state index is 15.3. The zero-order chi connectivity index (χ0) is 51.1. The fraction of sp³-hybridized carbons (Fsp3) is 0.113. The normalized spacial score (nSPS) is 15.9. The number of hydrogen-bond donors (Lipinski definition) is 6. The summed E-state index contributed by atoms with van der Waals surface area (Å²) in [4.78, 5) is 89.7. The summed E-state index contributed by atoms with van der Waals surface area (Å²) in [5.41, 5.74) is -0.624. The van der Waals surface area contributed by atoms with Gasteiger partial charge in [-0.1, -0.05) is 60.7 Å². The average Bonchev–Trinajstić information content (AvgIpc) is 4.12. The van der Waals surface area contributed by atoms with Gasteiger partial charge in [0, 0.05) is 69.6 Å². The molecule has 0 aliphatic carbocycles. The minimum absolute atomic E-state index is 0.156. The number of aromatic amines is 1. The van der Waals surface area contributed by atoms with Gasteiger partial charge in [0.25, 0.3) is 11.8 Å². The first-order valence-corrected chi connectivity index (χ1v) is 22.4. The number of aliphatic imine (C=N–C) groups is 5. The minimum atomic E-state index is -5.12. The van der Waals surface area contributed by atoms with Crippen LogP contribution < -0.4 is 26.9 Å². The molecule has 2 atom stereocenters. The maximum atomic E-state index is 15.3. The first-order valence-electron chi connectivity index (χ1n) is 22.4. The smallest absolute Gasteiger partial charge is 0.402 e. The van der Waals surface area contributed by atoms with Crippen LogP contribution in [0.2, 0.25) is 0 Å². The van der Waals surface area contributed by atoms with Gasteiger partial charge in [-0.05, 0) is 78.7 Å². The molecule has 360 valence electrons. The van der Waals surface area contributed by atoms with Crippen LogP contribution in [0.5, 0.6) is 0 Å². The van der Waals surface area contributed by atoms with Gasteiger partial charge in [0.1, 0.15) is 16.4 Å². The molecule has 8 bridgehead atoms. The molecule has 7 aromatic rings. The number of aromatic carboxylic acids is 2. The first kappa shape index (κ1) is 45.7. The van der Waals surface area contributed by atoms with Gasteiger partial charge in [0.15, 0.2) is 35.3 Å². The number of carboxylic acids is 2. The standard InChI is InChI=1S/C53H36F3N11O6/c1-52(53(54,55)56,24-13-17-35(50(70)71)38(20-24)48(68)58-3)25-12-16-34(39(21-25)51(72)73)49(69)59-27-15-19-33-37(23-27)47-65-43-31-11-7-5-9-29(31)40(61-43)62-44-32-18-14-26(57-2)22-36(32)46(66-44)64-42-30-10-6-4-8-28(30)41(60-42)63-45(33)67-47/h4-23,41,57H,1-3H3,(H,58,68)(H,59,69)(H,70,71)(H,72,73)(H,60,61,62,63,64,65,66,67). The van der Waals surface area contributed by atoms with E-state index in [2.05, 4.69) is 20.9 Å². The Bertz CT molecular complexity index is 3950. The second-order valence-electron chi connectivity index (χ2n) is 17.3. The maximum Gasteiger partial charge on any atom is 0.402 e. The average molecular weight is 980 g/mol. The summed E-state index contributed by atoms with van der Waals surface area (Å²) in [7, 11) is 3.02. The molecule has 20 heteroatoms. The quantitative estimate of drug-likeness (QED) is 0.0912. The van der Waals surface area contributed by atoms with Crippen molar-refractivity contribution in [2.45, 2.75) is 24.7 Å². The molecule has 73 heavy (non-hydrogen) atoms. The number of carboxylic acid groups (broad SMARTS) is 2. The lowest BCUT2D eigenvalue weighted by Gasteiger charge is -2.34. The first-order chi connectivity index (χ1) is 35.0. The van der Waals surface area contributed by atoms with Crippen LogP contribution in [0.25, 0.3) is 10.8 Å². The molecule has 0 saturated carbocycles. The van der Waals surface area contributed by atoms with Crippen molar-refractivity contribution < 1.29 is 42.6 Å². The number of alkyl halides is 3. The summed E-state index contributed by atoms with van der Waals surface area (Å²) in [6.07, 6.45) is -5.91. The number of amidine groups is 5. The Morgan fingerprint density at radius 1 is 0.534 bits per heavy atom. The summed E-state index contributed by atoms with van der Waals surface area (Å²) in [6, 6.07) is 30.9. The number of benzene rings is 6. The van der Waals surface area contributed by atoms with E-state index in [9.17, 15) is 29.4 Å². The second kappa shape index (κ2) is 17.0. The van der Waals surface area contributed by atoms with Gasteiger partial charge >= 0.3 is 18.1 Å². The van der Waals surface area contributed by atoms with E-state index in [0.29, 0.717) is 45.0 Å². The molecule has 4 aliphatic rings. The number of anilines is 2. The number of amides is 2. The number of carbonyl (C=O) groups excluding carboxylic acids is 2. The molecule has 0 saturated heterocycles. The molecule has 6 N–H and O–H groups in total. The predicted molar refractivity (Wildman–Crippen MR) is 266 cm³/mol. The van der Waals surface area contributed by atoms with Crippen LogP contribution in [0.1, 0.15) is 99.0 Å². The van der Waals surface area contributed by atoms with E-state index in [1.807, 2.05) is 73.8 Å². The summed E-state index contributed by atoms with van der Waals surface area (Å²) < 4.78 is 45.8. The van der Waals surface area contributed by atoms with Crippen molar-refractivity contribution in [2.75, 3.05) is 24.7 Å². The Morgan fingerprint density at radius 2 is 1.05 bits per heavy atom. The van der Waals surface area contributed by atoms with Crippen LogP contribution in [0.4, 0.5) is 24.5 Å². The van der Waals surface area contributed by atoms with Crippen LogP contribution in [-0.4, -0.2) is 88.4 Å². The second-order valence-corrected chi connectivity index (χ2v) is 17.3. The van der Waals surface area contributed by atoms with Crippen molar-refractivity contribution in [1.82, 2.24) is 10.3 Å². The third kappa shape index (κ3) is 7.54. The van der Waals surface area contributed by atoms with Gasteiger partial charge in [-0.3, -0.25) is 9.59 Å². The highest BCUT2D eigenvalue weighted by atomic mass is 19.4. The van der Waals surface area contributed by atoms with Crippen LogP contribution in [0.15, 0.2) is 156 Å². The molecule has 1 aromatic heterocycles. The third-order valence-corrected chi connectivity index (χ3v) is 13.2. The fourth-order valence-electron chi connectivity index (χ4n) is 9.28. The summed E-state index contributed by atoms with van der Waals surface area (Å²) >= 11 is 0. The molecule has 4 aliphatic heterocycles. The lowest BCUT2D eigenvalue weighted by Crippen LogP contribution is -2.41. The SMILES string of the molecule is CNC(=O)c1cc(C(C)(c2ccc(C(=O)Nc3ccc4c(c3)C3=NC4=NC4N=C(N=C5N=C(N=c6[nH]c(c7ccccc67)=N3)c3ccc(NC)cc35)c3ccccc34)c(C(=O)O)c2)C(F)(F)F)ccc1C(=O)O. The van der Waals surface area contributed by atoms with Crippen molar-refractivity contribution in [2.24, 2.45) is 34.9 Å². The lowest BCUT2D eigenvalue weighted by molar-refractivity contribution is -0.173. The largest absolute Gasteiger partial charge is 0.478 e. The zero-order valence-electron chi connectivity index (χ0n) is 38.4. The van der Waals surface area contributed by atoms with Crippen LogP contribution in [-0.2, 0) is 5.41 Å². The van der Waals surface area contributed by atoms with Crippen molar-refractivity contribution in [3.05, 3.63) is 199 Å². The third-order valence-electron chi connectivity index (χ3n) is 13.2. The van der Waals surface area contributed by atoms with Crippen LogP contribution in [0.3, 0.4) is 0 Å². The molecule has 2 unspecified atom stereocenters. The van der Waals surface area contributed by atoms with Gasteiger partial charge in [-0.15, -0.1) is 0 Å². The van der Waals surface area contributed by atoms with E-state index in [0.717, 1.165) is 76.6 Å². The van der Waals surface area contributed by atoms with Gasteiger partial charge < -0.3 is 31.1 Å². The fourth-order valence-corrected chi connectivity index (χ4v) is 9.28. The number of hydrogen-bond acceptors (Lipinski definition) is 12. The number of nitrogens with one attached hydrogen (secondary N) is 4. The van der Waals surface area contributed by atoms with Crippen molar-refractivity contribution in [3.8, 4) is 0 Å². The molecule has 11 rings (SSSR count). The molecule has 2 amide bonds. The molecule has 0 radical (unpaired) electrons. The topological polar surface area (TPSA) is 247 Å². The highest BCUT2D eigenvalue weighted by Gasteiger charge is 2.54. The number of carbonyl (C=O) groups is 4. The van der Waals surface area contributed by atoms with E-state index < -0.39 is 74.9 Å². The van der Waals surface area contributed by atoms with Crippen LogP contribution in [0, 0.1) is 0 Å². The highest BCUT2D eigenvalue weighted by molar-refractivity contribution is 6.27. The highest BCUT2D eigenvalue weighted by Crippen LogP contribution is 2.47. The molecule has 17 nitrogen and oxygen atoms in total. The number of fused-ring (bicyclic) bond motifs is 17. The lowest BCUT2D eigenvalue weighted by atomic mass is 9.74. The minimum Gasteiger partial charge on any atom is -0.478 e. The molecule has 0 spiro atoms. The van der Waals surface area contributed by atoms with Crippen molar-refractivity contribution in [1.29, 1.82) is 0 Å². The summed E-state index contributed by atoms with van der Waals surface area (Å²) in [5.74, 6) is -3.49. The van der Waals surface area contributed by atoms with E-state index in [-0.39, 0.29) is 17.4 Å². The Kier molecular flexibility index (Phi) is 10.6. The monoisotopic (exact) mass is 979 g/mol. The number of rotatable bonds is 8. The summed E-state index contributed by atoms with van der Waals surface area (Å²) in [6.45, 7) is 0.772. The van der Waals surface area contributed by atoms with Gasteiger partial charge in [-0.25, -0.2) is 44.5 Å². The molecule has 0 fully saturated rings. The van der Waals surface area contributed by atoms with Gasteiger partial charge in [0.2, 0.25) is 0 Å². The van der Waals surface area contributed by atoms with E-state index in [1.165, 1.54) is 7.05 Å². The molecule has 6 aromatic carbocycles. The Labute approximate surface area is 410 Å². The van der Waals surface area contributed by atoms with E-state index in [1.54, 1.807) is 18.2 Å². The van der Waals surface area contributed by atoms with Crippen LogP contribution >= 0.6 is 0 Å². The van der Waals surface area contributed by atoms with Crippen molar-refractivity contribution in [3.63, 3.8) is 0 Å². The predicted octanol–water partition coefficient (Wildman–Crippen LogP) is 7.21. The molecular formula is C53H36F3N11O6. The summed E-state index contributed by atoms with van der Waals surface area (Å²) in [5, 5.41) is 29.6. The van der Waals surface area contributed by atoms with Gasteiger partial charge in [-0.2, -0.15) is 13.2 Å². The molecular weight excluding hydrogens is 944 g/mol. The number of halogens is 3. The Morgan fingerprint density at radius 3 is 1.67 bits per heavy atom. The Balaban J connectivity index is 1.01. The number of aromatic nitrogens is 1. The number of nitrogens with zero attached hydrogens (tertiary/aromatic N) is 7. The van der Waals surface area contributed by atoms with E-state index >= 15 is 13.2 Å². The Hall–Kier alpha value is -9.72. The van der Waals surface area contributed by atoms with Crippen molar-refractivity contribution >= 4 is 75.1 Å². The zero-order valence-corrected chi connectivity index (χ0v) is 38.4.